The molecule has 0 radical (unpaired) electrons. The zero-order chi connectivity index (χ0) is 19.6. The second kappa shape index (κ2) is 6.13. The molecule has 27 heavy (non-hydrogen) atoms. The maximum absolute atomic E-state index is 14.4. The summed E-state index contributed by atoms with van der Waals surface area (Å²) in [5.41, 5.74) is 1.32. The number of alkyl halides is 1. The van der Waals surface area contributed by atoms with Gasteiger partial charge in [0.05, 0.1) is 17.1 Å². The van der Waals surface area contributed by atoms with Crippen LogP contribution in [0.5, 0.6) is 0 Å². The lowest BCUT2D eigenvalue weighted by Gasteiger charge is -2.53. The Morgan fingerprint density at radius 2 is 2.04 bits per heavy atom. The molecule has 0 spiro atoms. The lowest BCUT2D eigenvalue weighted by Crippen LogP contribution is -2.65. The highest BCUT2D eigenvalue weighted by molar-refractivity contribution is 5.94. The van der Waals surface area contributed by atoms with E-state index < -0.39 is 30.8 Å². The highest BCUT2D eigenvalue weighted by Crippen LogP contribution is 2.44. The number of hydrogen-bond acceptors (Lipinski definition) is 6. The Morgan fingerprint density at radius 3 is 2.70 bits per heavy atom. The number of aromatic nitrogens is 1. The number of halogens is 2. The summed E-state index contributed by atoms with van der Waals surface area (Å²) in [5, 5.41) is 10.8. The highest BCUT2D eigenvalue weighted by atomic mass is 19.1. The van der Waals surface area contributed by atoms with E-state index in [1.807, 2.05) is 23.8 Å². The first-order valence-electron chi connectivity index (χ1n) is 8.93. The van der Waals surface area contributed by atoms with Gasteiger partial charge in [-0.3, -0.25) is 14.6 Å². The van der Waals surface area contributed by atoms with Gasteiger partial charge in [0.15, 0.2) is 13.0 Å². The fraction of sp³-hybridized carbons (Fsp3) is 0.556. The zero-order valence-corrected chi connectivity index (χ0v) is 15.8. The molecule has 1 aromatic heterocycles. The predicted octanol–water partition coefficient (Wildman–Crippen LogP) is 0.740. The summed E-state index contributed by atoms with van der Waals surface area (Å²) >= 11 is 0. The molecule has 1 fully saturated rings. The molecule has 1 saturated heterocycles. The number of rotatable bonds is 1. The van der Waals surface area contributed by atoms with Crippen LogP contribution in [0, 0.1) is 12.7 Å². The van der Waals surface area contributed by atoms with E-state index in [-0.39, 0.29) is 17.4 Å². The van der Waals surface area contributed by atoms with Crippen LogP contribution in [0.4, 0.5) is 14.6 Å². The summed E-state index contributed by atoms with van der Waals surface area (Å²) in [6.45, 7) is 3.47. The summed E-state index contributed by atoms with van der Waals surface area (Å²) in [6.07, 6.45) is -1.25. The third-order valence-electron chi connectivity index (χ3n) is 5.87. The normalized spacial score (nSPS) is 28.3. The molecule has 3 unspecified atom stereocenters. The standard InChI is InChI=1S/C18H23F2N5O2/c1-9-6-24-13(7-22(9)3)17(26)25(8-19)15-14(24)11-5-12(20)10(2)21-16(11)23(4)18(15)27/h5,9,13,18,27H,6-8H2,1-4H3. The molecule has 1 aromatic rings. The van der Waals surface area contributed by atoms with E-state index in [9.17, 15) is 18.7 Å². The molecule has 1 amide bonds. The van der Waals surface area contributed by atoms with Crippen molar-refractivity contribution in [2.24, 2.45) is 0 Å². The fourth-order valence-corrected chi connectivity index (χ4v) is 4.12. The van der Waals surface area contributed by atoms with Crippen LogP contribution in [-0.2, 0) is 4.79 Å². The van der Waals surface area contributed by atoms with Gasteiger partial charge in [-0.25, -0.2) is 13.8 Å². The number of aliphatic hydroxyl groups excluding tert-OH is 1. The third-order valence-corrected chi connectivity index (χ3v) is 5.87. The number of pyridine rings is 1. The van der Waals surface area contributed by atoms with Crippen molar-refractivity contribution in [1.29, 1.82) is 0 Å². The van der Waals surface area contributed by atoms with E-state index in [0.29, 0.717) is 30.2 Å². The van der Waals surface area contributed by atoms with Gasteiger partial charge in [-0.2, -0.15) is 0 Å². The molecule has 0 bridgehead atoms. The van der Waals surface area contributed by atoms with Gasteiger partial charge in [0.2, 0.25) is 0 Å². The molecular weight excluding hydrogens is 356 g/mol. The molecule has 1 N–H and O–H groups in total. The van der Waals surface area contributed by atoms with Crippen LogP contribution >= 0.6 is 0 Å². The molecule has 4 heterocycles. The number of likely N-dealkylation sites (N-methyl/N-ethyl adjacent to an activating group) is 2. The van der Waals surface area contributed by atoms with Crippen molar-refractivity contribution in [2.45, 2.75) is 32.2 Å². The van der Waals surface area contributed by atoms with Crippen LogP contribution < -0.4 is 4.90 Å². The third kappa shape index (κ3) is 2.45. The van der Waals surface area contributed by atoms with Crippen molar-refractivity contribution in [3.63, 3.8) is 0 Å². The Bertz CT molecular complexity index is 845. The lowest BCUT2D eigenvalue weighted by molar-refractivity contribution is -0.141. The van der Waals surface area contributed by atoms with Crippen molar-refractivity contribution in [1.82, 2.24) is 19.7 Å². The number of anilines is 1. The van der Waals surface area contributed by atoms with E-state index in [1.54, 1.807) is 14.0 Å². The number of hydrogen-bond donors (Lipinski definition) is 1. The van der Waals surface area contributed by atoms with E-state index in [2.05, 4.69) is 4.98 Å². The average molecular weight is 379 g/mol. The van der Waals surface area contributed by atoms with Crippen molar-refractivity contribution in [3.8, 4) is 0 Å². The van der Waals surface area contributed by atoms with E-state index in [4.69, 9.17) is 0 Å². The second-order valence-electron chi connectivity index (χ2n) is 7.49. The highest BCUT2D eigenvalue weighted by Gasteiger charge is 2.49. The predicted molar refractivity (Wildman–Crippen MR) is 95.7 cm³/mol. The first-order chi connectivity index (χ1) is 12.8. The number of piperazine rings is 1. The van der Waals surface area contributed by atoms with Crippen molar-refractivity contribution in [2.75, 3.05) is 38.9 Å². The summed E-state index contributed by atoms with van der Waals surface area (Å²) in [7, 11) is 3.51. The molecule has 3 aliphatic heterocycles. The Hall–Kier alpha value is -2.26. The SMILES string of the molecule is Cc1nc2c(cc1F)C1=C(C(O)N2C)N(CF)C(=O)C2CN(C)C(C)CN12. The Morgan fingerprint density at radius 1 is 1.33 bits per heavy atom. The number of fused-ring (bicyclic) bond motifs is 4. The number of aryl methyl sites for hydroxylation is 1. The van der Waals surface area contributed by atoms with Crippen LogP contribution in [0.3, 0.4) is 0 Å². The maximum atomic E-state index is 14.4. The number of amides is 1. The van der Waals surface area contributed by atoms with E-state index in [0.717, 1.165) is 4.90 Å². The van der Waals surface area contributed by atoms with Gasteiger partial charge < -0.3 is 14.9 Å². The van der Waals surface area contributed by atoms with E-state index in [1.165, 1.54) is 11.0 Å². The Labute approximate surface area is 156 Å². The van der Waals surface area contributed by atoms with Gasteiger partial charge in [-0.05, 0) is 27.0 Å². The monoisotopic (exact) mass is 379 g/mol. The summed E-state index contributed by atoms with van der Waals surface area (Å²) in [6, 6.07) is 0.915. The molecule has 0 aromatic carbocycles. The molecule has 4 rings (SSSR count). The molecule has 0 aliphatic carbocycles. The van der Waals surface area contributed by atoms with Crippen molar-refractivity contribution >= 4 is 17.4 Å². The fourth-order valence-electron chi connectivity index (χ4n) is 4.12. The number of carbonyl (C=O) groups is 1. The first-order valence-corrected chi connectivity index (χ1v) is 8.93. The smallest absolute Gasteiger partial charge is 0.253 e. The summed E-state index contributed by atoms with van der Waals surface area (Å²) < 4.78 is 28.2. The number of nitrogens with zero attached hydrogens (tertiary/aromatic N) is 5. The lowest BCUT2D eigenvalue weighted by atomic mass is 9.94. The van der Waals surface area contributed by atoms with Crippen molar-refractivity contribution < 1.29 is 18.7 Å². The van der Waals surface area contributed by atoms with Crippen LogP contribution in [0.25, 0.3) is 5.70 Å². The van der Waals surface area contributed by atoms with Gasteiger partial charge >= 0.3 is 0 Å². The van der Waals surface area contributed by atoms with E-state index >= 15 is 0 Å². The number of aliphatic hydroxyl groups is 1. The maximum Gasteiger partial charge on any atom is 0.253 e. The van der Waals surface area contributed by atoms with Gasteiger partial charge in [-0.1, -0.05) is 0 Å². The largest absolute Gasteiger partial charge is 0.368 e. The topological polar surface area (TPSA) is 63.2 Å². The van der Waals surface area contributed by atoms with Crippen molar-refractivity contribution in [3.05, 3.63) is 28.8 Å². The molecule has 146 valence electrons. The molecule has 7 nitrogen and oxygen atoms in total. The Kier molecular flexibility index (Phi) is 4.12. The van der Waals surface area contributed by atoms with Crippen LogP contribution in [0.1, 0.15) is 18.2 Å². The molecule has 3 aliphatic rings. The summed E-state index contributed by atoms with van der Waals surface area (Å²) in [5.74, 6) is -0.460. The van der Waals surface area contributed by atoms with Crippen LogP contribution in [0.2, 0.25) is 0 Å². The molecule has 0 saturated carbocycles. The van der Waals surface area contributed by atoms with Gasteiger partial charge in [0.25, 0.3) is 5.91 Å². The summed E-state index contributed by atoms with van der Waals surface area (Å²) in [4.78, 5) is 23.6. The Balaban J connectivity index is 1.98. The quantitative estimate of drug-likeness (QED) is 0.727. The minimum atomic E-state index is -1.25. The van der Waals surface area contributed by atoms with Gasteiger partial charge in [0.1, 0.15) is 17.7 Å². The van der Waals surface area contributed by atoms with Crippen LogP contribution in [-0.4, -0.2) is 83.0 Å². The molecule has 9 heteroatoms. The van der Waals surface area contributed by atoms with Crippen LogP contribution in [0.15, 0.2) is 11.8 Å². The average Bonchev–Trinajstić information content (AvgIpc) is 2.63. The minimum absolute atomic E-state index is 0.142. The number of carbonyl (C=O) groups excluding carboxylic acids is 1. The van der Waals surface area contributed by atoms with Gasteiger partial charge in [0, 0.05) is 31.7 Å². The van der Waals surface area contributed by atoms with Gasteiger partial charge in [-0.15, -0.1) is 0 Å². The second-order valence-corrected chi connectivity index (χ2v) is 7.49. The molecule has 3 atom stereocenters. The first kappa shape index (κ1) is 18.1. The molecular formula is C18H23F2N5O2. The zero-order valence-electron chi connectivity index (χ0n) is 15.8. The minimum Gasteiger partial charge on any atom is -0.368 e.